The molecule has 2 aromatic rings. The van der Waals surface area contributed by atoms with Crippen LogP contribution in [0.15, 0.2) is 60.7 Å². The highest BCUT2D eigenvalue weighted by Gasteiger charge is 2.26. The van der Waals surface area contributed by atoms with Gasteiger partial charge in [-0.15, -0.1) is 12.4 Å². The van der Waals surface area contributed by atoms with Gasteiger partial charge in [0.2, 0.25) is 5.12 Å². The topological polar surface area (TPSA) is 69.7 Å². The van der Waals surface area contributed by atoms with E-state index in [4.69, 9.17) is 0 Å². The minimum absolute atomic E-state index is 0. The highest BCUT2D eigenvalue weighted by molar-refractivity contribution is 8.26. The van der Waals surface area contributed by atoms with E-state index in [1.54, 1.807) is 34.1 Å². The van der Waals surface area contributed by atoms with Crippen LogP contribution in [0.2, 0.25) is 0 Å². The first-order valence-electron chi connectivity index (χ1n) is 8.76. The Morgan fingerprint density at radius 1 is 0.821 bits per heavy atom. The molecule has 0 saturated carbocycles. The van der Waals surface area contributed by atoms with E-state index in [1.807, 2.05) is 36.4 Å². The summed E-state index contributed by atoms with van der Waals surface area (Å²) in [6, 6.07) is 18.3. The Balaban J connectivity index is 0.00000280. The van der Waals surface area contributed by atoms with Crippen LogP contribution in [0.4, 0.5) is 9.59 Å². The van der Waals surface area contributed by atoms with Crippen molar-refractivity contribution in [3.8, 4) is 0 Å². The average Bonchev–Trinajstić information content (AvgIpc) is 2.73. The number of urea groups is 1. The number of rotatable bonds is 3. The molecule has 0 aromatic heterocycles. The number of benzene rings is 2. The van der Waals surface area contributed by atoms with Gasteiger partial charge in [0.25, 0.3) is 5.24 Å². The largest absolute Gasteiger partial charge is 0.334 e. The van der Waals surface area contributed by atoms with Crippen molar-refractivity contribution in [2.75, 3.05) is 26.2 Å². The van der Waals surface area contributed by atoms with Crippen LogP contribution < -0.4 is 5.32 Å². The maximum atomic E-state index is 12.3. The molecule has 0 radical (unpaired) electrons. The van der Waals surface area contributed by atoms with Gasteiger partial charge in [0.1, 0.15) is 0 Å². The number of thioether (sulfide) groups is 1. The molecule has 1 fully saturated rings. The maximum absolute atomic E-state index is 12.3. The first-order chi connectivity index (χ1) is 13.1. The zero-order valence-corrected chi connectivity index (χ0v) is 16.9. The van der Waals surface area contributed by atoms with Gasteiger partial charge in [-0.05, 0) is 5.56 Å². The van der Waals surface area contributed by atoms with Crippen LogP contribution in [0, 0.1) is 0 Å². The Morgan fingerprint density at radius 3 is 1.96 bits per heavy atom. The third-order valence-electron chi connectivity index (χ3n) is 4.30. The van der Waals surface area contributed by atoms with Crippen molar-refractivity contribution in [1.82, 2.24) is 15.1 Å². The zero-order valence-electron chi connectivity index (χ0n) is 15.2. The molecule has 28 heavy (non-hydrogen) atoms. The summed E-state index contributed by atoms with van der Waals surface area (Å²) >= 11 is 0.705. The summed E-state index contributed by atoms with van der Waals surface area (Å²) in [7, 11) is 0. The van der Waals surface area contributed by atoms with Crippen LogP contribution >= 0.6 is 24.2 Å². The minimum Gasteiger partial charge on any atom is -0.334 e. The van der Waals surface area contributed by atoms with E-state index in [0.29, 0.717) is 50.0 Å². The van der Waals surface area contributed by atoms with Crippen molar-refractivity contribution < 1.29 is 14.4 Å². The lowest BCUT2D eigenvalue weighted by Crippen LogP contribution is -2.52. The molecule has 6 nitrogen and oxygen atoms in total. The van der Waals surface area contributed by atoms with E-state index in [2.05, 4.69) is 5.32 Å². The lowest BCUT2D eigenvalue weighted by molar-refractivity contribution is 0.108. The molecule has 3 amide bonds. The van der Waals surface area contributed by atoms with E-state index in [-0.39, 0.29) is 28.8 Å². The number of nitrogens with zero attached hydrogens (tertiary/aromatic N) is 2. The third-order valence-corrected chi connectivity index (χ3v) is 5.16. The normalized spacial score (nSPS) is 13.4. The van der Waals surface area contributed by atoms with Gasteiger partial charge in [0.15, 0.2) is 0 Å². The predicted octanol–water partition coefficient (Wildman–Crippen LogP) is 3.63. The minimum atomic E-state index is -0.270. The van der Waals surface area contributed by atoms with Crippen molar-refractivity contribution in [3.63, 3.8) is 0 Å². The molecule has 1 aliphatic rings. The fraction of sp³-hybridized carbons (Fsp3) is 0.250. The molecule has 1 heterocycles. The monoisotopic (exact) mass is 419 g/mol. The average molecular weight is 420 g/mol. The molecular formula is C20H22ClN3O3S. The number of piperazine rings is 1. The molecule has 2 aromatic carbocycles. The second kappa shape index (κ2) is 10.7. The van der Waals surface area contributed by atoms with E-state index < -0.39 is 0 Å². The number of hydrogen-bond acceptors (Lipinski definition) is 4. The second-order valence-electron chi connectivity index (χ2n) is 6.14. The Morgan fingerprint density at radius 2 is 1.36 bits per heavy atom. The van der Waals surface area contributed by atoms with Crippen molar-refractivity contribution in [1.29, 1.82) is 0 Å². The van der Waals surface area contributed by atoms with Gasteiger partial charge in [0.05, 0.1) is 0 Å². The summed E-state index contributed by atoms with van der Waals surface area (Å²) in [6.45, 7) is 2.22. The summed E-state index contributed by atoms with van der Waals surface area (Å²) in [4.78, 5) is 40.0. The fourth-order valence-corrected chi connectivity index (χ4v) is 3.48. The van der Waals surface area contributed by atoms with Crippen molar-refractivity contribution in [3.05, 3.63) is 71.8 Å². The molecule has 1 aliphatic heterocycles. The molecule has 3 rings (SSSR count). The molecule has 0 bridgehead atoms. The molecular weight excluding hydrogens is 398 g/mol. The molecule has 1 saturated heterocycles. The van der Waals surface area contributed by atoms with Crippen molar-refractivity contribution >= 4 is 40.6 Å². The number of halogens is 1. The maximum Gasteiger partial charge on any atom is 0.317 e. The van der Waals surface area contributed by atoms with Crippen LogP contribution in [0.5, 0.6) is 0 Å². The Kier molecular flexibility index (Phi) is 8.35. The van der Waals surface area contributed by atoms with Crippen LogP contribution in [0.25, 0.3) is 0 Å². The summed E-state index contributed by atoms with van der Waals surface area (Å²) < 4.78 is 0. The number of hydrogen-bond donors (Lipinski definition) is 1. The van der Waals surface area contributed by atoms with Crippen LogP contribution in [-0.4, -0.2) is 52.4 Å². The van der Waals surface area contributed by atoms with Crippen LogP contribution in [0.1, 0.15) is 15.9 Å². The highest BCUT2D eigenvalue weighted by Crippen LogP contribution is 2.17. The van der Waals surface area contributed by atoms with Gasteiger partial charge in [-0.1, -0.05) is 60.7 Å². The number of carbonyl (C=O) groups excluding carboxylic acids is 3. The third kappa shape index (κ3) is 6.00. The lowest BCUT2D eigenvalue weighted by atomic mass is 10.2. The van der Waals surface area contributed by atoms with Crippen molar-refractivity contribution in [2.45, 2.75) is 6.54 Å². The predicted molar refractivity (Wildman–Crippen MR) is 113 cm³/mol. The van der Waals surface area contributed by atoms with Gasteiger partial charge in [-0.3, -0.25) is 9.59 Å². The number of carbonyl (C=O) groups is 3. The van der Waals surface area contributed by atoms with E-state index in [9.17, 15) is 14.4 Å². The standard InChI is InChI=1S/C20H21N3O3S.ClH/c24-18(17-9-5-2-6-10-17)27-20(26)23-13-11-22(12-14-23)19(25)21-15-16-7-3-1-4-8-16;/h1-10H,11-15H2,(H,21,25);1H. The van der Waals surface area contributed by atoms with Gasteiger partial charge in [-0.25, -0.2) is 4.79 Å². The fourth-order valence-electron chi connectivity index (χ4n) is 2.75. The number of amides is 3. The smallest absolute Gasteiger partial charge is 0.317 e. The second-order valence-corrected chi connectivity index (χ2v) is 7.06. The zero-order chi connectivity index (χ0) is 19.1. The summed E-state index contributed by atoms with van der Waals surface area (Å²) in [6.07, 6.45) is 0. The SMILES string of the molecule is Cl.O=C(SC(=O)N1CCN(C(=O)NCc2ccccc2)CC1)c1ccccc1. The first-order valence-corrected chi connectivity index (χ1v) is 9.58. The van der Waals surface area contributed by atoms with Gasteiger partial charge >= 0.3 is 6.03 Å². The van der Waals surface area contributed by atoms with E-state index in [0.717, 1.165) is 5.56 Å². The van der Waals surface area contributed by atoms with Gasteiger partial charge in [-0.2, -0.15) is 0 Å². The summed E-state index contributed by atoms with van der Waals surface area (Å²) in [5.41, 5.74) is 1.55. The molecule has 0 atom stereocenters. The van der Waals surface area contributed by atoms with E-state index in [1.165, 1.54) is 0 Å². The summed E-state index contributed by atoms with van der Waals surface area (Å²) in [5, 5.41) is 2.36. The molecule has 0 unspecified atom stereocenters. The lowest BCUT2D eigenvalue weighted by Gasteiger charge is -2.34. The molecule has 0 aliphatic carbocycles. The Hall–Kier alpha value is -2.51. The quantitative estimate of drug-likeness (QED) is 0.824. The molecule has 8 heteroatoms. The first kappa shape index (κ1) is 21.8. The Bertz CT molecular complexity index is 797. The highest BCUT2D eigenvalue weighted by atomic mass is 35.5. The van der Waals surface area contributed by atoms with Gasteiger partial charge in [0, 0.05) is 50.0 Å². The van der Waals surface area contributed by atoms with Crippen molar-refractivity contribution in [2.24, 2.45) is 0 Å². The molecule has 148 valence electrons. The molecule has 0 spiro atoms. The Labute approximate surface area is 174 Å². The number of nitrogens with one attached hydrogen (secondary N) is 1. The van der Waals surface area contributed by atoms with Crippen LogP contribution in [0.3, 0.4) is 0 Å². The molecule has 1 N–H and O–H groups in total. The van der Waals surface area contributed by atoms with E-state index >= 15 is 0 Å². The van der Waals surface area contributed by atoms with Crippen LogP contribution in [-0.2, 0) is 6.54 Å². The summed E-state index contributed by atoms with van der Waals surface area (Å²) in [5.74, 6) is 0. The van der Waals surface area contributed by atoms with Gasteiger partial charge < -0.3 is 15.1 Å².